The lowest BCUT2D eigenvalue weighted by molar-refractivity contribution is -0.137. The number of carbonyl (C=O) groups is 1. The van der Waals surface area contributed by atoms with Crippen molar-refractivity contribution in [2.24, 2.45) is 17.6 Å². The van der Waals surface area contributed by atoms with Gasteiger partial charge in [0.2, 0.25) is 5.91 Å². The second kappa shape index (κ2) is 7.28. The van der Waals surface area contributed by atoms with Gasteiger partial charge in [0.25, 0.3) is 0 Å². The zero-order chi connectivity index (χ0) is 13.7. The number of nitrogens with two attached hydrogens (primary N) is 1. The highest BCUT2D eigenvalue weighted by molar-refractivity contribution is 5.76. The number of amides is 1. The summed E-state index contributed by atoms with van der Waals surface area (Å²) in [6.07, 6.45) is 10.6. The highest BCUT2D eigenvalue weighted by Crippen LogP contribution is 2.35. The third-order valence-corrected chi connectivity index (χ3v) is 5.07. The van der Waals surface area contributed by atoms with Crippen LogP contribution in [0.1, 0.15) is 64.7 Å². The van der Waals surface area contributed by atoms with Gasteiger partial charge in [-0.3, -0.25) is 4.79 Å². The van der Waals surface area contributed by atoms with Gasteiger partial charge in [-0.2, -0.15) is 0 Å². The first-order chi connectivity index (χ1) is 9.22. The molecule has 3 atom stereocenters. The Hall–Kier alpha value is -0.570. The van der Waals surface area contributed by atoms with E-state index in [1.165, 1.54) is 38.5 Å². The second-order valence-corrected chi connectivity index (χ2v) is 6.56. The van der Waals surface area contributed by atoms with E-state index in [1.807, 2.05) is 0 Å². The molecule has 2 rings (SSSR count). The summed E-state index contributed by atoms with van der Waals surface area (Å²) in [5.74, 6) is 1.79. The van der Waals surface area contributed by atoms with E-state index >= 15 is 0 Å². The molecule has 2 aliphatic rings. The van der Waals surface area contributed by atoms with Crippen LogP contribution in [0.4, 0.5) is 0 Å². The van der Waals surface area contributed by atoms with Gasteiger partial charge in [0.1, 0.15) is 0 Å². The average molecular weight is 266 g/mol. The molecule has 0 bridgehead atoms. The minimum atomic E-state index is 0.403. The van der Waals surface area contributed by atoms with Crippen LogP contribution in [0.5, 0.6) is 0 Å². The summed E-state index contributed by atoms with van der Waals surface area (Å²) in [5.41, 5.74) is 5.57. The molecular weight excluding hydrogens is 236 g/mol. The van der Waals surface area contributed by atoms with E-state index in [2.05, 4.69) is 11.8 Å². The molecule has 1 aliphatic carbocycles. The monoisotopic (exact) mass is 266 g/mol. The number of rotatable bonds is 5. The number of piperidine rings is 1. The fourth-order valence-corrected chi connectivity index (χ4v) is 3.88. The van der Waals surface area contributed by atoms with E-state index in [-0.39, 0.29) is 0 Å². The van der Waals surface area contributed by atoms with Crippen molar-refractivity contribution < 1.29 is 4.79 Å². The summed E-state index contributed by atoms with van der Waals surface area (Å²) < 4.78 is 0. The smallest absolute Gasteiger partial charge is 0.222 e. The zero-order valence-electron chi connectivity index (χ0n) is 12.4. The maximum Gasteiger partial charge on any atom is 0.222 e. The van der Waals surface area contributed by atoms with Gasteiger partial charge in [-0.05, 0) is 56.9 Å². The molecule has 0 radical (unpaired) electrons. The van der Waals surface area contributed by atoms with Crippen LogP contribution in [-0.4, -0.2) is 29.9 Å². The van der Waals surface area contributed by atoms with Crippen LogP contribution in [0.2, 0.25) is 0 Å². The van der Waals surface area contributed by atoms with Crippen LogP contribution in [0.15, 0.2) is 0 Å². The van der Waals surface area contributed by atoms with E-state index in [0.29, 0.717) is 17.9 Å². The molecule has 1 unspecified atom stereocenters. The van der Waals surface area contributed by atoms with E-state index in [9.17, 15) is 4.79 Å². The lowest BCUT2D eigenvalue weighted by Gasteiger charge is -2.44. The van der Waals surface area contributed by atoms with Crippen LogP contribution in [0.3, 0.4) is 0 Å². The third-order valence-electron chi connectivity index (χ3n) is 5.07. The van der Waals surface area contributed by atoms with E-state index in [4.69, 9.17) is 5.73 Å². The van der Waals surface area contributed by atoms with Crippen LogP contribution in [-0.2, 0) is 4.79 Å². The molecule has 19 heavy (non-hydrogen) atoms. The molecule has 110 valence electrons. The summed E-state index contributed by atoms with van der Waals surface area (Å²) in [4.78, 5) is 14.7. The molecule has 3 nitrogen and oxygen atoms in total. The maximum absolute atomic E-state index is 12.5. The van der Waals surface area contributed by atoms with Gasteiger partial charge >= 0.3 is 0 Å². The Morgan fingerprint density at radius 2 is 1.95 bits per heavy atom. The predicted octanol–water partition coefficient (Wildman–Crippen LogP) is 2.93. The minimum absolute atomic E-state index is 0.403. The summed E-state index contributed by atoms with van der Waals surface area (Å²) in [6, 6.07) is 0.569. The molecule has 3 heteroatoms. The predicted molar refractivity (Wildman–Crippen MR) is 78.8 cm³/mol. The number of likely N-dealkylation sites (tertiary alicyclic amines) is 1. The Morgan fingerprint density at radius 1 is 1.21 bits per heavy atom. The van der Waals surface area contributed by atoms with Gasteiger partial charge in [0.15, 0.2) is 0 Å². The van der Waals surface area contributed by atoms with Gasteiger partial charge in [0, 0.05) is 19.0 Å². The Bertz CT molecular complexity index is 290. The molecule has 0 aromatic rings. The highest BCUT2D eigenvalue weighted by Gasteiger charge is 2.35. The lowest BCUT2D eigenvalue weighted by Crippen LogP contribution is -2.49. The van der Waals surface area contributed by atoms with Crippen LogP contribution in [0, 0.1) is 11.8 Å². The number of fused-ring (bicyclic) bond motifs is 1. The van der Waals surface area contributed by atoms with Crippen molar-refractivity contribution in [1.82, 2.24) is 4.90 Å². The van der Waals surface area contributed by atoms with Crippen molar-refractivity contribution in [3.05, 3.63) is 0 Å². The topological polar surface area (TPSA) is 46.3 Å². The molecule has 1 heterocycles. The molecular formula is C16H30N2O. The van der Waals surface area contributed by atoms with Crippen molar-refractivity contribution in [2.45, 2.75) is 70.8 Å². The molecule has 2 fully saturated rings. The SMILES string of the molecule is CC(CCN)CCC(=O)N1CCC[C@H]2CCCC[C@H]21. The summed E-state index contributed by atoms with van der Waals surface area (Å²) in [5, 5.41) is 0. The van der Waals surface area contributed by atoms with Gasteiger partial charge in [0.05, 0.1) is 0 Å². The van der Waals surface area contributed by atoms with Crippen molar-refractivity contribution in [3.63, 3.8) is 0 Å². The lowest BCUT2D eigenvalue weighted by atomic mass is 9.78. The first kappa shape index (κ1) is 14.8. The number of hydrogen-bond donors (Lipinski definition) is 1. The van der Waals surface area contributed by atoms with E-state index in [0.717, 1.165) is 38.3 Å². The quantitative estimate of drug-likeness (QED) is 0.831. The van der Waals surface area contributed by atoms with Gasteiger partial charge < -0.3 is 10.6 Å². The molecule has 1 saturated carbocycles. The third kappa shape index (κ3) is 3.95. The Balaban J connectivity index is 1.83. The molecule has 0 aromatic heterocycles. The summed E-state index contributed by atoms with van der Waals surface area (Å²) >= 11 is 0. The Labute approximate surface area is 117 Å². The molecule has 0 aromatic carbocycles. The van der Waals surface area contributed by atoms with Crippen LogP contribution >= 0.6 is 0 Å². The first-order valence-electron chi connectivity index (χ1n) is 8.22. The number of nitrogens with zero attached hydrogens (tertiary/aromatic N) is 1. The van der Waals surface area contributed by atoms with Crippen molar-refractivity contribution >= 4 is 5.91 Å². The van der Waals surface area contributed by atoms with E-state index in [1.54, 1.807) is 0 Å². The van der Waals surface area contributed by atoms with Gasteiger partial charge in [-0.15, -0.1) is 0 Å². The first-order valence-corrected chi connectivity index (χ1v) is 8.22. The van der Waals surface area contributed by atoms with Crippen molar-refractivity contribution in [1.29, 1.82) is 0 Å². The Kier molecular flexibility index (Phi) is 5.68. The highest BCUT2D eigenvalue weighted by atomic mass is 16.2. The van der Waals surface area contributed by atoms with Crippen molar-refractivity contribution in [3.8, 4) is 0 Å². The Morgan fingerprint density at radius 3 is 2.74 bits per heavy atom. The fraction of sp³-hybridized carbons (Fsp3) is 0.938. The molecule has 1 saturated heterocycles. The average Bonchev–Trinajstić information content (AvgIpc) is 2.44. The summed E-state index contributed by atoms with van der Waals surface area (Å²) in [6.45, 7) is 3.95. The van der Waals surface area contributed by atoms with Gasteiger partial charge in [-0.1, -0.05) is 19.8 Å². The molecule has 2 N–H and O–H groups in total. The largest absolute Gasteiger partial charge is 0.339 e. The fourth-order valence-electron chi connectivity index (χ4n) is 3.88. The van der Waals surface area contributed by atoms with Crippen LogP contribution in [0.25, 0.3) is 0 Å². The molecule has 1 amide bonds. The van der Waals surface area contributed by atoms with E-state index < -0.39 is 0 Å². The normalized spacial score (nSPS) is 28.8. The standard InChI is InChI=1S/C16H30N2O/c1-13(10-11-17)8-9-16(19)18-12-4-6-14-5-2-3-7-15(14)18/h13-15H,2-12,17H2,1H3/t13?,14-,15-/m1/s1. The minimum Gasteiger partial charge on any atom is -0.339 e. The number of carbonyl (C=O) groups excluding carboxylic acids is 1. The maximum atomic E-state index is 12.5. The molecule has 0 spiro atoms. The number of hydrogen-bond acceptors (Lipinski definition) is 2. The van der Waals surface area contributed by atoms with Crippen LogP contribution < -0.4 is 5.73 Å². The zero-order valence-corrected chi connectivity index (χ0v) is 12.4. The summed E-state index contributed by atoms with van der Waals surface area (Å²) in [7, 11) is 0. The van der Waals surface area contributed by atoms with Gasteiger partial charge in [-0.25, -0.2) is 0 Å². The molecule has 1 aliphatic heterocycles. The second-order valence-electron chi connectivity index (χ2n) is 6.56. The van der Waals surface area contributed by atoms with Crippen molar-refractivity contribution in [2.75, 3.05) is 13.1 Å².